The second-order valence-corrected chi connectivity index (χ2v) is 8.73. The van der Waals surface area contributed by atoms with Crippen LogP contribution in [0.25, 0.3) is 0 Å². The van der Waals surface area contributed by atoms with Gasteiger partial charge in [-0.3, -0.25) is 9.59 Å². The first kappa shape index (κ1) is 22.7. The number of amides is 1. The molecule has 1 amide bonds. The average molecular weight is 362 g/mol. The van der Waals surface area contributed by atoms with Crippen molar-refractivity contribution in [1.29, 1.82) is 0 Å². The maximum atomic E-state index is 13.2. The average Bonchev–Trinajstić information content (AvgIpc) is 2.59. The molecule has 0 fully saturated rings. The summed E-state index contributed by atoms with van der Waals surface area (Å²) in [5.74, 6) is 1.00. The summed E-state index contributed by atoms with van der Waals surface area (Å²) in [5.41, 5.74) is 0.954. The number of nitrogens with one attached hydrogen (secondary N) is 1. The molecule has 1 aliphatic heterocycles. The monoisotopic (exact) mass is 361 g/mol. The molecular weight excluding hydrogens is 322 g/mol. The minimum absolute atomic E-state index is 0.0556. The fourth-order valence-electron chi connectivity index (χ4n) is 3.83. The highest BCUT2D eigenvalue weighted by Crippen LogP contribution is 2.33. The Morgan fingerprint density at radius 3 is 2.73 bits per heavy atom. The summed E-state index contributed by atoms with van der Waals surface area (Å²) >= 11 is 0. The Balaban J connectivity index is 2.89. The Morgan fingerprint density at radius 2 is 2.04 bits per heavy atom. The number of rotatable bonds is 3. The van der Waals surface area contributed by atoms with Gasteiger partial charge in [0.25, 0.3) is 0 Å². The minimum Gasteiger partial charge on any atom is -0.356 e. The molecule has 0 aromatic heterocycles. The van der Waals surface area contributed by atoms with Crippen molar-refractivity contribution in [3.05, 3.63) is 24.3 Å². The van der Waals surface area contributed by atoms with Gasteiger partial charge in [0.15, 0.2) is 0 Å². The van der Waals surface area contributed by atoms with Crippen LogP contribution in [0.3, 0.4) is 0 Å². The van der Waals surface area contributed by atoms with E-state index in [1.54, 1.807) is 0 Å². The van der Waals surface area contributed by atoms with E-state index in [2.05, 4.69) is 31.8 Å². The Labute approximate surface area is 160 Å². The van der Waals surface area contributed by atoms with Crippen LogP contribution >= 0.6 is 0 Å². The van der Waals surface area contributed by atoms with Gasteiger partial charge < -0.3 is 5.32 Å². The number of carbonyl (C=O) groups is 2. The molecule has 0 saturated carbocycles. The van der Waals surface area contributed by atoms with Crippen LogP contribution in [0, 0.1) is 17.3 Å². The zero-order valence-electron chi connectivity index (χ0n) is 17.4. The van der Waals surface area contributed by atoms with Crippen LogP contribution in [0.2, 0.25) is 0 Å². The summed E-state index contributed by atoms with van der Waals surface area (Å²) in [6, 6.07) is 0. The largest absolute Gasteiger partial charge is 0.356 e. The third-order valence-corrected chi connectivity index (χ3v) is 5.65. The van der Waals surface area contributed by atoms with E-state index in [-0.39, 0.29) is 11.8 Å². The number of ketones is 1. The van der Waals surface area contributed by atoms with Crippen molar-refractivity contribution in [1.82, 2.24) is 5.32 Å². The minimum atomic E-state index is -0.448. The molecule has 1 heterocycles. The van der Waals surface area contributed by atoms with E-state index in [0.29, 0.717) is 31.1 Å². The van der Waals surface area contributed by atoms with E-state index in [1.165, 1.54) is 18.4 Å². The van der Waals surface area contributed by atoms with Crippen molar-refractivity contribution in [2.75, 3.05) is 6.54 Å². The molecule has 2 atom stereocenters. The molecule has 0 saturated heterocycles. The predicted molar refractivity (Wildman–Crippen MR) is 110 cm³/mol. The Morgan fingerprint density at radius 1 is 1.31 bits per heavy atom. The van der Waals surface area contributed by atoms with Gasteiger partial charge in [-0.25, -0.2) is 0 Å². The van der Waals surface area contributed by atoms with Crippen molar-refractivity contribution in [3.8, 4) is 0 Å². The maximum Gasteiger partial charge on any atom is 0.220 e. The molecule has 0 bridgehead atoms. The Kier molecular flexibility index (Phi) is 9.90. The van der Waals surface area contributed by atoms with Crippen LogP contribution in [0.5, 0.6) is 0 Å². The summed E-state index contributed by atoms with van der Waals surface area (Å²) in [6.45, 7) is 13.0. The number of carbonyl (C=O) groups excluding carboxylic acids is 2. The van der Waals surface area contributed by atoms with Gasteiger partial charge in [-0.15, -0.1) is 6.58 Å². The quantitative estimate of drug-likeness (QED) is 0.664. The van der Waals surface area contributed by atoms with E-state index in [4.69, 9.17) is 0 Å². The number of Topliss-reactive ketones (excluding diaryl/α,β-unsaturated/α-hetero) is 1. The third kappa shape index (κ3) is 8.33. The molecule has 0 aromatic rings. The summed E-state index contributed by atoms with van der Waals surface area (Å²) in [6.07, 6.45) is 12.2. The molecule has 1 N–H and O–H groups in total. The van der Waals surface area contributed by atoms with E-state index < -0.39 is 5.41 Å². The van der Waals surface area contributed by atoms with Crippen LogP contribution in [0.15, 0.2) is 24.3 Å². The van der Waals surface area contributed by atoms with Gasteiger partial charge >= 0.3 is 0 Å². The van der Waals surface area contributed by atoms with Crippen molar-refractivity contribution < 1.29 is 9.59 Å². The van der Waals surface area contributed by atoms with Crippen molar-refractivity contribution in [3.63, 3.8) is 0 Å². The van der Waals surface area contributed by atoms with Crippen LogP contribution in [0.4, 0.5) is 0 Å². The molecule has 26 heavy (non-hydrogen) atoms. The molecule has 0 aromatic carbocycles. The summed E-state index contributed by atoms with van der Waals surface area (Å²) in [4.78, 5) is 25.3. The highest BCUT2D eigenvalue weighted by Gasteiger charge is 2.34. The summed E-state index contributed by atoms with van der Waals surface area (Å²) < 4.78 is 0. The smallest absolute Gasteiger partial charge is 0.220 e. The van der Waals surface area contributed by atoms with E-state index in [9.17, 15) is 9.59 Å². The number of allylic oxidation sites excluding steroid dienone is 2. The van der Waals surface area contributed by atoms with E-state index in [0.717, 1.165) is 32.1 Å². The van der Waals surface area contributed by atoms with Crippen molar-refractivity contribution >= 4 is 11.7 Å². The number of hydrogen-bond acceptors (Lipinski definition) is 2. The lowest BCUT2D eigenvalue weighted by molar-refractivity contribution is -0.133. The second-order valence-electron chi connectivity index (χ2n) is 8.73. The standard InChI is InChI=1S/C23H39NO2/c1-6-7-13-20-17-19(3)11-8-10-18(2)12-9-16-24-21(25)14-15-23(4,5)22(20)26/h6,12,19-20H,1,7-11,13-17H2,2-5H3,(H,24,25). The number of hydrogen-bond donors (Lipinski definition) is 1. The fourth-order valence-corrected chi connectivity index (χ4v) is 3.83. The van der Waals surface area contributed by atoms with Crippen LogP contribution < -0.4 is 5.32 Å². The molecule has 1 rings (SSSR count). The molecule has 0 aliphatic carbocycles. The lowest BCUT2D eigenvalue weighted by atomic mass is 9.73. The molecule has 2 unspecified atom stereocenters. The molecular formula is C23H39NO2. The lowest BCUT2D eigenvalue weighted by Crippen LogP contribution is -2.34. The third-order valence-electron chi connectivity index (χ3n) is 5.65. The van der Waals surface area contributed by atoms with Crippen LogP contribution in [0.1, 0.15) is 85.5 Å². The summed E-state index contributed by atoms with van der Waals surface area (Å²) in [7, 11) is 0. The molecule has 3 heteroatoms. The van der Waals surface area contributed by atoms with E-state index in [1.807, 2.05) is 19.9 Å². The van der Waals surface area contributed by atoms with Gasteiger partial charge in [0.05, 0.1) is 0 Å². The van der Waals surface area contributed by atoms with Gasteiger partial charge in [-0.2, -0.15) is 0 Å². The first-order chi connectivity index (χ1) is 12.3. The molecule has 0 spiro atoms. The van der Waals surface area contributed by atoms with Crippen molar-refractivity contribution in [2.24, 2.45) is 17.3 Å². The second kappa shape index (κ2) is 11.4. The van der Waals surface area contributed by atoms with Gasteiger partial charge in [0.1, 0.15) is 5.78 Å². The zero-order valence-corrected chi connectivity index (χ0v) is 17.4. The van der Waals surface area contributed by atoms with Gasteiger partial charge in [-0.05, 0) is 57.8 Å². The topological polar surface area (TPSA) is 46.2 Å². The Bertz CT molecular complexity index is 504. The fraction of sp³-hybridized carbons (Fsp3) is 0.739. The van der Waals surface area contributed by atoms with Crippen molar-refractivity contribution in [2.45, 2.75) is 85.5 Å². The predicted octanol–water partition coefficient (Wildman–Crippen LogP) is 5.61. The van der Waals surface area contributed by atoms with E-state index >= 15 is 0 Å². The Hall–Kier alpha value is -1.38. The first-order valence-electron chi connectivity index (χ1n) is 10.3. The molecule has 1 aliphatic rings. The summed E-state index contributed by atoms with van der Waals surface area (Å²) in [5, 5.41) is 2.98. The molecule has 148 valence electrons. The highest BCUT2D eigenvalue weighted by molar-refractivity contribution is 5.87. The lowest BCUT2D eigenvalue weighted by Gasteiger charge is -2.30. The van der Waals surface area contributed by atoms with Crippen LogP contribution in [-0.2, 0) is 9.59 Å². The van der Waals surface area contributed by atoms with Gasteiger partial charge in [-0.1, -0.05) is 44.9 Å². The first-order valence-corrected chi connectivity index (χ1v) is 10.3. The van der Waals surface area contributed by atoms with Crippen LogP contribution in [-0.4, -0.2) is 18.2 Å². The molecule has 3 nitrogen and oxygen atoms in total. The zero-order chi connectivity index (χ0) is 19.6. The normalized spacial score (nSPS) is 26.7. The molecule has 0 radical (unpaired) electrons. The SMILES string of the molecule is C=CCCC1CC(C)CCCC(C)=CCCNC(=O)CCC(C)(C)C1=O. The van der Waals surface area contributed by atoms with Gasteiger partial charge in [0, 0.05) is 24.3 Å². The maximum absolute atomic E-state index is 13.2. The van der Waals surface area contributed by atoms with Gasteiger partial charge in [0.2, 0.25) is 5.91 Å². The highest BCUT2D eigenvalue weighted by atomic mass is 16.1.